The summed E-state index contributed by atoms with van der Waals surface area (Å²) in [5.74, 6) is 0.809. The van der Waals surface area contributed by atoms with Gasteiger partial charge in [-0.3, -0.25) is 9.89 Å². The number of aliphatic imine (C=N–C) groups is 1. The number of ether oxygens (including phenoxy) is 2. The van der Waals surface area contributed by atoms with E-state index in [2.05, 4.69) is 65.7 Å². The molecule has 3 atom stereocenters. The second kappa shape index (κ2) is 12.3. The molecule has 0 radical (unpaired) electrons. The Bertz CT molecular complexity index is 577. The summed E-state index contributed by atoms with van der Waals surface area (Å²) in [6, 6.07) is 4.65. The molecule has 0 aromatic carbocycles. The van der Waals surface area contributed by atoms with Gasteiger partial charge in [0.05, 0.1) is 24.9 Å². The molecule has 1 aromatic heterocycles. The number of morpholine rings is 1. The maximum atomic E-state index is 5.72. The molecule has 8 heteroatoms. The van der Waals surface area contributed by atoms with Crippen molar-refractivity contribution in [3.05, 3.63) is 22.4 Å². The van der Waals surface area contributed by atoms with Gasteiger partial charge in [-0.1, -0.05) is 26.8 Å². The van der Waals surface area contributed by atoms with Crippen molar-refractivity contribution in [3.8, 4) is 0 Å². The van der Waals surface area contributed by atoms with Crippen molar-refractivity contribution >= 4 is 41.3 Å². The van der Waals surface area contributed by atoms with Gasteiger partial charge in [-0.15, -0.1) is 35.3 Å². The number of hydrogen-bond acceptors (Lipinski definition) is 5. The van der Waals surface area contributed by atoms with Crippen molar-refractivity contribution in [2.24, 2.45) is 10.4 Å². The second-order valence-corrected chi connectivity index (χ2v) is 9.11. The van der Waals surface area contributed by atoms with Crippen molar-refractivity contribution in [1.29, 1.82) is 0 Å². The number of nitrogens with one attached hydrogen (secondary N) is 2. The lowest BCUT2D eigenvalue weighted by Crippen LogP contribution is -2.49. The minimum absolute atomic E-state index is 0. The largest absolute Gasteiger partial charge is 0.379 e. The van der Waals surface area contributed by atoms with E-state index in [4.69, 9.17) is 9.47 Å². The van der Waals surface area contributed by atoms with E-state index in [0.29, 0.717) is 6.04 Å². The third-order valence-electron chi connectivity index (χ3n) is 4.98. The molecule has 2 heterocycles. The van der Waals surface area contributed by atoms with Crippen LogP contribution in [0.2, 0.25) is 0 Å². The highest BCUT2D eigenvalue weighted by molar-refractivity contribution is 14.0. The molecule has 0 bridgehead atoms. The van der Waals surface area contributed by atoms with Gasteiger partial charge < -0.3 is 20.1 Å². The van der Waals surface area contributed by atoms with Gasteiger partial charge >= 0.3 is 0 Å². The zero-order chi connectivity index (χ0) is 19.9. The molecule has 6 nitrogen and oxygen atoms in total. The Labute approximate surface area is 191 Å². The molecule has 1 aliphatic heterocycles. The van der Waals surface area contributed by atoms with Crippen LogP contribution in [0.25, 0.3) is 0 Å². The van der Waals surface area contributed by atoms with Gasteiger partial charge in [0.2, 0.25) is 0 Å². The van der Waals surface area contributed by atoms with Crippen LogP contribution in [0.15, 0.2) is 22.5 Å². The van der Waals surface area contributed by atoms with E-state index in [-0.39, 0.29) is 41.6 Å². The fourth-order valence-electron chi connectivity index (χ4n) is 3.37. The van der Waals surface area contributed by atoms with Crippen LogP contribution < -0.4 is 10.6 Å². The van der Waals surface area contributed by atoms with Crippen LogP contribution in [0.1, 0.15) is 38.6 Å². The second-order valence-electron chi connectivity index (χ2n) is 8.13. The quantitative estimate of drug-likeness (QED) is 0.326. The highest BCUT2D eigenvalue weighted by atomic mass is 127. The van der Waals surface area contributed by atoms with Gasteiger partial charge in [0.15, 0.2) is 5.96 Å². The summed E-state index contributed by atoms with van der Waals surface area (Å²) in [5.41, 5.74) is 0.0735. The summed E-state index contributed by atoms with van der Waals surface area (Å²) < 4.78 is 11.4. The zero-order valence-corrected chi connectivity index (χ0v) is 21.2. The Kier molecular flexibility index (Phi) is 11.3. The average Bonchev–Trinajstić information content (AvgIpc) is 3.14. The van der Waals surface area contributed by atoms with Crippen molar-refractivity contribution in [2.75, 3.05) is 46.9 Å². The van der Waals surface area contributed by atoms with E-state index in [1.54, 1.807) is 7.11 Å². The van der Waals surface area contributed by atoms with Crippen molar-refractivity contribution in [1.82, 2.24) is 15.5 Å². The number of rotatable bonds is 7. The van der Waals surface area contributed by atoms with Gasteiger partial charge in [-0.25, -0.2) is 0 Å². The number of guanidine groups is 1. The molecule has 1 aromatic rings. The maximum absolute atomic E-state index is 5.72. The molecule has 0 saturated carbocycles. The van der Waals surface area contributed by atoms with Crippen molar-refractivity contribution in [3.63, 3.8) is 0 Å². The molecule has 28 heavy (non-hydrogen) atoms. The SMILES string of the molecule is CN=C(NCC(c1cccs1)N1CCOC(C)C1)NCC(OC)C(C)(C)C.I. The van der Waals surface area contributed by atoms with E-state index >= 15 is 0 Å². The molecule has 0 amide bonds. The highest BCUT2D eigenvalue weighted by Crippen LogP contribution is 2.26. The van der Waals surface area contributed by atoms with Gasteiger partial charge in [0.25, 0.3) is 0 Å². The minimum atomic E-state index is 0. The first-order chi connectivity index (χ1) is 12.8. The van der Waals surface area contributed by atoms with Crippen molar-refractivity contribution < 1.29 is 9.47 Å². The van der Waals surface area contributed by atoms with E-state index in [1.807, 2.05) is 18.4 Å². The molecule has 2 N–H and O–H groups in total. The zero-order valence-electron chi connectivity index (χ0n) is 18.0. The maximum Gasteiger partial charge on any atom is 0.191 e. The smallest absolute Gasteiger partial charge is 0.191 e. The topological polar surface area (TPSA) is 58.1 Å². The summed E-state index contributed by atoms with van der Waals surface area (Å²) in [6.07, 6.45) is 0.386. The predicted molar refractivity (Wildman–Crippen MR) is 129 cm³/mol. The lowest BCUT2D eigenvalue weighted by Gasteiger charge is -2.37. The molecular formula is C20H37IN4O2S. The van der Waals surface area contributed by atoms with E-state index in [1.165, 1.54) is 4.88 Å². The Morgan fingerprint density at radius 2 is 2.11 bits per heavy atom. The first-order valence-electron chi connectivity index (χ1n) is 9.71. The average molecular weight is 525 g/mol. The highest BCUT2D eigenvalue weighted by Gasteiger charge is 2.27. The van der Waals surface area contributed by atoms with E-state index in [9.17, 15) is 0 Å². The van der Waals surface area contributed by atoms with Gasteiger partial charge in [0.1, 0.15) is 0 Å². The normalized spacial score (nSPS) is 20.9. The lowest BCUT2D eigenvalue weighted by atomic mass is 9.89. The van der Waals surface area contributed by atoms with E-state index in [0.717, 1.165) is 38.7 Å². The Balaban J connectivity index is 0.00000392. The number of methoxy groups -OCH3 is 1. The number of thiophene rings is 1. The van der Waals surface area contributed by atoms with E-state index < -0.39 is 0 Å². The molecule has 0 spiro atoms. The standard InChI is InChI=1S/C20H36N4O2S.HI/c1-15-14-24(9-10-26-15)16(17-8-7-11-27-17)12-22-19(21-5)23-13-18(25-6)20(2,3)4;/h7-8,11,15-16,18H,9-10,12-14H2,1-6H3,(H2,21,22,23);1H. The Morgan fingerprint density at radius 1 is 1.39 bits per heavy atom. The van der Waals surface area contributed by atoms with Crippen molar-refractivity contribution in [2.45, 2.75) is 45.9 Å². The molecule has 1 saturated heterocycles. The first-order valence-corrected chi connectivity index (χ1v) is 10.6. The van der Waals surface area contributed by atoms with Gasteiger partial charge in [-0.2, -0.15) is 0 Å². The van der Waals surface area contributed by atoms with Crippen LogP contribution in [0.3, 0.4) is 0 Å². The van der Waals surface area contributed by atoms with Crippen LogP contribution in [0.5, 0.6) is 0 Å². The molecule has 1 fully saturated rings. The van der Waals surface area contributed by atoms with Gasteiger partial charge in [0, 0.05) is 45.2 Å². The summed E-state index contributed by atoms with van der Waals surface area (Å²) in [4.78, 5) is 8.27. The third-order valence-corrected chi connectivity index (χ3v) is 5.95. The monoisotopic (exact) mass is 524 g/mol. The third kappa shape index (κ3) is 7.78. The molecular weight excluding hydrogens is 487 g/mol. The molecule has 2 rings (SSSR count). The Morgan fingerprint density at radius 3 is 2.64 bits per heavy atom. The Hall–Kier alpha value is -0.420. The number of hydrogen-bond donors (Lipinski definition) is 2. The first kappa shape index (κ1) is 25.6. The molecule has 162 valence electrons. The molecule has 3 unspecified atom stereocenters. The summed E-state index contributed by atoms with van der Waals surface area (Å²) in [5, 5.41) is 9.07. The summed E-state index contributed by atoms with van der Waals surface area (Å²) >= 11 is 1.81. The van der Waals surface area contributed by atoms with Crippen LogP contribution in [0, 0.1) is 5.41 Å². The summed E-state index contributed by atoms with van der Waals surface area (Å²) in [6.45, 7) is 12.9. The number of nitrogens with zero attached hydrogens (tertiary/aromatic N) is 2. The fraction of sp³-hybridized carbons (Fsp3) is 0.750. The summed E-state index contributed by atoms with van der Waals surface area (Å²) in [7, 11) is 3.57. The predicted octanol–water partition coefficient (Wildman–Crippen LogP) is 3.35. The van der Waals surface area contributed by atoms with Crippen LogP contribution in [-0.4, -0.2) is 70.0 Å². The minimum Gasteiger partial charge on any atom is -0.379 e. The van der Waals surface area contributed by atoms with Crippen LogP contribution >= 0.6 is 35.3 Å². The van der Waals surface area contributed by atoms with Crippen LogP contribution in [-0.2, 0) is 9.47 Å². The van der Waals surface area contributed by atoms with Gasteiger partial charge in [-0.05, 0) is 23.8 Å². The molecule has 0 aliphatic carbocycles. The molecule has 1 aliphatic rings. The fourth-order valence-corrected chi connectivity index (χ4v) is 4.23. The number of halogens is 1. The van der Waals surface area contributed by atoms with Crippen LogP contribution in [0.4, 0.5) is 0 Å². The lowest BCUT2D eigenvalue weighted by molar-refractivity contribution is -0.0334.